The Labute approximate surface area is 111 Å². The lowest BCUT2D eigenvalue weighted by Gasteiger charge is -2.01. The molecule has 0 saturated carbocycles. The van der Waals surface area contributed by atoms with E-state index in [0.29, 0.717) is 18.1 Å². The third-order valence-electron chi connectivity index (χ3n) is 2.74. The predicted molar refractivity (Wildman–Crippen MR) is 70.5 cm³/mol. The van der Waals surface area contributed by atoms with Crippen molar-refractivity contribution >= 4 is 11.3 Å². The highest BCUT2D eigenvalue weighted by Crippen LogP contribution is 2.16. The van der Waals surface area contributed by atoms with Crippen molar-refractivity contribution in [2.45, 2.75) is 45.1 Å². The average Bonchev–Trinajstić information content (AvgIpc) is 3.00. The number of aryl methyl sites for hydroxylation is 2. The molecule has 2 aromatic rings. The van der Waals surface area contributed by atoms with Crippen molar-refractivity contribution < 1.29 is 9.63 Å². The smallest absolute Gasteiger partial charge is 0.226 e. The highest BCUT2D eigenvalue weighted by Gasteiger charge is 2.14. The van der Waals surface area contributed by atoms with E-state index >= 15 is 0 Å². The van der Waals surface area contributed by atoms with Gasteiger partial charge in [-0.1, -0.05) is 24.6 Å². The van der Waals surface area contributed by atoms with Crippen LogP contribution < -0.4 is 0 Å². The van der Waals surface area contributed by atoms with Crippen LogP contribution in [0.15, 0.2) is 22.0 Å². The Morgan fingerprint density at radius 2 is 2.33 bits per heavy atom. The first kappa shape index (κ1) is 13.2. The predicted octanol–water partition coefficient (Wildman–Crippen LogP) is 3.14. The Bertz CT molecular complexity index is 453. The van der Waals surface area contributed by atoms with Crippen LogP contribution in [0.2, 0.25) is 0 Å². The van der Waals surface area contributed by atoms with Crippen molar-refractivity contribution in [1.29, 1.82) is 0 Å². The molecule has 0 radical (unpaired) electrons. The summed E-state index contributed by atoms with van der Waals surface area (Å²) < 4.78 is 5.13. The molecule has 0 aromatic carbocycles. The maximum atomic E-state index is 9.73. The first-order chi connectivity index (χ1) is 8.79. The molecule has 0 fully saturated rings. The molecule has 1 unspecified atom stereocenters. The fourth-order valence-corrected chi connectivity index (χ4v) is 2.53. The number of hydrogen-bond acceptors (Lipinski definition) is 5. The molecule has 1 atom stereocenters. The van der Waals surface area contributed by atoms with Gasteiger partial charge in [0.1, 0.15) is 6.10 Å². The van der Waals surface area contributed by atoms with Gasteiger partial charge in [0.2, 0.25) is 5.89 Å². The summed E-state index contributed by atoms with van der Waals surface area (Å²) in [4.78, 5) is 5.60. The van der Waals surface area contributed by atoms with E-state index in [9.17, 15) is 5.11 Å². The topological polar surface area (TPSA) is 59.2 Å². The van der Waals surface area contributed by atoms with E-state index < -0.39 is 6.10 Å². The van der Waals surface area contributed by atoms with Gasteiger partial charge < -0.3 is 9.63 Å². The normalized spacial score (nSPS) is 12.8. The first-order valence-corrected chi connectivity index (χ1v) is 7.20. The first-order valence-electron chi connectivity index (χ1n) is 6.32. The maximum Gasteiger partial charge on any atom is 0.226 e. The molecule has 98 valence electrons. The van der Waals surface area contributed by atoms with Gasteiger partial charge in [-0.2, -0.15) is 4.98 Å². The summed E-state index contributed by atoms with van der Waals surface area (Å²) in [5.74, 6) is 1.04. The van der Waals surface area contributed by atoms with Gasteiger partial charge >= 0.3 is 0 Å². The van der Waals surface area contributed by atoms with E-state index in [0.717, 1.165) is 25.7 Å². The number of rotatable bonds is 7. The minimum atomic E-state index is -0.593. The van der Waals surface area contributed by atoms with E-state index in [1.165, 1.54) is 4.88 Å². The van der Waals surface area contributed by atoms with Crippen molar-refractivity contribution in [3.8, 4) is 0 Å². The van der Waals surface area contributed by atoms with Gasteiger partial charge in [-0.25, -0.2) is 0 Å². The largest absolute Gasteiger partial charge is 0.385 e. The van der Waals surface area contributed by atoms with E-state index in [4.69, 9.17) is 4.52 Å². The Morgan fingerprint density at radius 1 is 1.44 bits per heavy atom. The second kappa shape index (κ2) is 6.66. The zero-order chi connectivity index (χ0) is 12.8. The van der Waals surface area contributed by atoms with Crippen molar-refractivity contribution in [1.82, 2.24) is 10.1 Å². The maximum absolute atomic E-state index is 9.73. The minimum Gasteiger partial charge on any atom is -0.385 e. The average molecular weight is 266 g/mol. The van der Waals surface area contributed by atoms with Gasteiger partial charge in [-0.05, 0) is 30.7 Å². The number of aliphatic hydroxyl groups is 1. The van der Waals surface area contributed by atoms with Crippen molar-refractivity contribution in [2.24, 2.45) is 0 Å². The highest BCUT2D eigenvalue weighted by atomic mass is 32.1. The quantitative estimate of drug-likeness (QED) is 0.836. The second-order valence-electron chi connectivity index (χ2n) is 4.28. The van der Waals surface area contributed by atoms with E-state index in [-0.39, 0.29) is 0 Å². The summed E-state index contributed by atoms with van der Waals surface area (Å²) in [7, 11) is 0. The summed E-state index contributed by atoms with van der Waals surface area (Å²) in [6.45, 7) is 2.02. The molecule has 18 heavy (non-hydrogen) atoms. The van der Waals surface area contributed by atoms with Gasteiger partial charge in [0.05, 0.1) is 0 Å². The molecule has 0 amide bonds. The monoisotopic (exact) mass is 266 g/mol. The number of hydrogen-bond donors (Lipinski definition) is 1. The van der Waals surface area contributed by atoms with Gasteiger partial charge in [0.25, 0.3) is 0 Å². The summed E-state index contributed by atoms with van der Waals surface area (Å²) >= 11 is 1.77. The lowest BCUT2D eigenvalue weighted by Crippen LogP contribution is -1.99. The lowest BCUT2D eigenvalue weighted by atomic mass is 10.2. The van der Waals surface area contributed by atoms with Gasteiger partial charge in [-0.15, -0.1) is 11.3 Å². The Hall–Kier alpha value is -1.20. The third-order valence-corrected chi connectivity index (χ3v) is 3.67. The minimum absolute atomic E-state index is 0.419. The molecule has 0 aliphatic carbocycles. The van der Waals surface area contributed by atoms with Crippen LogP contribution in [0.5, 0.6) is 0 Å². The standard InChI is InChI=1S/C13H18N2O2S/c1-2-5-11(16)13-14-12(17-15-13)8-3-6-10-7-4-9-18-10/h4,7,9,11,16H,2-3,5-6,8H2,1H3. The molecule has 0 saturated heterocycles. The molecule has 2 heterocycles. The number of aliphatic hydroxyl groups excluding tert-OH is 1. The van der Waals surface area contributed by atoms with Crippen LogP contribution in [-0.4, -0.2) is 15.2 Å². The fourth-order valence-electron chi connectivity index (χ4n) is 1.78. The van der Waals surface area contributed by atoms with Crippen LogP contribution >= 0.6 is 11.3 Å². The van der Waals surface area contributed by atoms with E-state index in [2.05, 4.69) is 27.7 Å². The molecule has 4 nitrogen and oxygen atoms in total. The van der Waals surface area contributed by atoms with Gasteiger partial charge in [0, 0.05) is 11.3 Å². The van der Waals surface area contributed by atoms with Crippen LogP contribution in [-0.2, 0) is 12.8 Å². The third kappa shape index (κ3) is 3.65. The van der Waals surface area contributed by atoms with E-state index in [1.807, 2.05) is 6.92 Å². The second-order valence-corrected chi connectivity index (χ2v) is 5.32. The van der Waals surface area contributed by atoms with Gasteiger partial charge in [0.15, 0.2) is 5.82 Å². The van der Waals surface area contributed by atoms with Crippen molar-refractivity contribution in [2.75, 3.05) is 0 Å². The highest BCUT2D eigenvalue weighted by molar-refractivity contribution is 7.09. The molecular weight excluding hydrogens is 248 g/mol. The van der Waals surface area contributed by atoms with Gasteiger partial charge in [-0.3, -0.25) is 0 Å². The number of nitrogens with zero attached hydrogens (tertiary/aromatic N) is 2. The molecule has 0 bridgehead atoms. The molecule has 0 spiro atoms. The molecule has 2 aromatic heterocycles. The molecule has 1 N–H and O–H groups in total. The summed E-state index contributed by atoms with van der Waals surface area (Å²) in [5.41, 5.74) is 0. The van der Waals surface area contributed by atoms with Crippen LogP contribution in [0.25, 0.3) is 0 Å². The molecular formula is C13H18N2O2S. The van der Waals surface area contributed by atoms with Crippen LogP contribution in [0, 0.1) is 0 Å². The summed E-state index contributed by atoms with van der Waals surface area (Å²) in [6.07, 6.45) is 3.78. The van der Waals surface area contributed by atoms with E-state index in [1.54, 1.807) is 11.3 Å². The van der Waals surface area contributed by atoms with Crippen molar-refractivity contribution in [3.05, 3.63) is 34.1 Å². The summed E-state index contributed by atoms with van der Waals surface area (Å²) in [6, 6.07) is 4.20. The molecule has 0 aliphatic heterocycles. The lowest BCUT2D eigenvalue weighted by molar-refractivity contribution is 0.152. The van der Waals surface area contributed by atoms with Crippen molar-refractivity contribution in [3.63, 3.8) is 0 Å². The Balaban J connectivity index is 1.79. The SMILES string of the molecule is CCCC(O)c1noc(CCCc2cccs2)n1. The molecule has 0 aliphatic rings. The molecule has 2 rings (SSSR count). The van der Waals surface area contributed by atoms with Crippen LogP contribution in [0.3, 0.4) is 0 Å². The number of aromatic nitrogens is 2. The van der Waals surface area contributed by atoms with Crippen LogP contribution in [0.4, 0.5) is 0 Å². The Kier molecular flexibility index (Phi) is 4.90. The zero-order valence-electron chi connectivity index (χ0n) is 10.5. The number of thiophene rings is 1. The Morgan fingerprint density at radius 3 is 3.06 bits per heavy atom. The molecule has 5 heteroatoms. The van der Waals surface area contributed by atoms with Crippen LogP contribution in [0.1, 0.15) is 48.9 Å². The summed E-state index contributed by atoms with van der Waals surface area (Å²) in [5, 5.41) is 15.6. The fraction of sp³-hybridized carbons (Fsp3) is 0.538. The zero-order valence-corrected chi connectivity index (χ0v) is 11.3.